The first-order valence-corrected chi connectivity index (χ1v) is 8.99. The Morgan fingerprint density at radius 3 is 2.24 bits per heavy atom. The molecule has 0 heterocycles. The van der Waals surface area contributed by atoms with Crippen molar-refractivity contribution in [2.45, 2.75) is 51.1 Å². The normalized spacial score (nSPS) is 21.0. The van der Waals surface area contributed by atoms with Gasteiger partial charge in [0.25, 0.3) is 0 Å². The summed E-state index contributed by atoms with van der Waals surface area (Å²) in [4.78, 5) is 0. The summed E-state index contributed by atoms with van der Waals surface area (Å²) in [6.45, 7) is 1.95. The molecule has 1 fully saturated rings. The van der Waals surface area contributed by atoms with Crippen LogP contribution in [0.3, 0.4) is 0 Å². The second-order valence-corrected chi connectivity index (χ2v) is 6.71. The van der Waals surface area contributed by atoms with E-state index >= 15 is 0 Å². The third kappa shape index (κ3) is 3.97. The zero-order valence-corrected chi connectivity index (χ0v) is 14.4. The highest BCUT2D eigenvalue weighted by molar-refractivity contribution is 5.67. The van der Waals surface area contributed by atoms with Crippen molar-refractivity contribution in [1.82, 2.24) is 0 Å². The molecule has 1 aliphatic carbocycles. The van der Waals surface area contributed by atoms with Gasteiger partial charge in [-0.05, 0) is 49.1 Å². The van der Waals surface area contributed by atoms with Crippen LogP contribution in [0.5, 0.6) is 0 Å². The predicted molar refractivity (Wildman–Crippen MR) is 97.2 cm³/mol. The zero-order valence-electron chi connectivity index (χ0n) is 14.4. The van der Waals surface area contributed by atoms with Crippen LogP contribution in [0.4, 0.5) is 13.2 Å². The van der Waals surface area contributed by atoms with Crippen LogP contribution in [0.1, 0.15) is 56.1 Å². The lowest BCUT2D eigenvalue weighted by atomic mass is 9.83. The molecule has 132 valence electrons. The van der Waals surface area contributed by atoms with Gasteiger partial charge in [-0.25, -0.2) is 13.2 Å². The van der Waals surface area contributed by atoms with Gasteiger partial charge in [-0.3, -0.25) is 0 Å². The van der Waals surface area contributed by atoms with Crippen molar-refractivity contribution in [3.05, 3.63) is 65.2 Å². The molecule has 0 unspecified atom stereocenters. The number of allylic oxidation sites excluding steroid dienone is 1. The van der Waals surface area contributed by atoms with Gasteiger partial charge in [0.1, 0.15) is 6.17 Å². The highest BCUT2D eigenvalue weighted by Gasteiger charge is 2.22. The van der Waals surface area contributed by atoms with Crippen LogP contribution in [-0.4, -0.2) is 6.17 Å². The Morgan fingerprint density at radius 2 is 1.60 bits per heavy atom. The van der Waals surface area contributed by atoms with Gasteiger partial charge >= 0.3 is 0 Å². The maximum absolute atomic E-state index is 14.4. The smallest absolute Gasteiger partial charge is 0.167 e. The van der Waals surface area contributed by atoms with E-state index in [1.165, 1.54) is 0 Å². The van der Waals surface area contributed by atoms with Gasteiger partial charge in [0.2, 0.25) is 0 Å². The van der Waals surface area contributed by atoms with Crippen molar-refractivity contribution in [1.29, 1.82) is 0 Å². The molecule has 0 amide bonds. The summed E-state index contributed by atoms with van der Waals surface area (Å²) in [6, 6.07) is 10.8. The lowest BCUT2D eigenvalue weighted by molar-refractivity contribution is 0.235. The third-order valence-electron chi connectivity index (χ3n) is 5.00. The molecular formula is C22H23F3. The number of benzene rings is 2. The molecule has 0 bridgehead atoms. The van der Waals surface area contributed by atoms with E-state index in [0.29, 0.717) is 24.3 Å². The minimum Gasteiger partial charge on any atom is -0.247 e. The fourth-order valence-corrected chi connectivity index (χ4v) is 3.48. The summed E-state index contributed by atoms with van der Waals surface area (Å²) in [6.07, 6.45) is 6.43. The van der Waals surface area contributed by atoms with Crippen LogP contribution >= 0.6 is 0 Å². The van der Waals surface area contributed by atoms with Crippen molar-refractivity contribution in [3.63, 3.8) is 0 Å². The van der Waals surface area contributed by atoms with Crippen molar-refractivity contribution in [2.75, 3.05) is 0 Å². The third-order valence-corrected chi connectivity index (χ3v) is 5.00. The molecule has 0 aromatic heterocycles. The second kappa shape index (κ2) is 7.90. The Hall–Kier alpha value is -2.03. The van der Waals surface area contributed by atoms with Crippen molar-refractivity contribution in [2.24, 2.45) is 0 Å². The van der Waals surface area contributed by atoms with Gasteiger partial charge in [0, 0.05) is 11.1 Å². The van der Waals surface area contributed by atoms with Gasteiger partial charge < -0.3 is 0 Å². The van der Waals surface area contributed by atoms with Gasteiger partial charge in [-0.1, -0.05) is 55.5 Å². The van der Waals surface area contributed by atoms with E-state index in [0.717, 1.165) is 24.8 Å². The Morgan fingerprint density at radius 1 is 0.920 bits per heavy atom. The minimum absolute atomic E-state index is 0.266. The average molecular weight is 344 g/mol. The summed E-state index contributed by atoms with van der Waals surface area (Å²) >= 11 is 0. The van der Waals surface area contributed by atoms with E-state index < -0.39 is 17.8 Å². The zero-order chi connectivity index (χ0) is 17.8. The molecule has 3 rings (SSSR count). The van der Waals surface area contributed by atoms with E-state index in [4.69, 9.17) is 0 Å². The topological polar surface area (TPSA) is 0 Å². The maximum atomic E-state index is 14.4. The summed E-state index contributed by atoms with van der Waals surface area (Å²) in [5, 5.41) is 0. The van der Waals surface area contributed by atoms with Gasteiger partial charge in [-0.2, -0.15) is 0 Å². The summed E-state index contributed by atoms with van der Waals surface area (Å²) < 4.78 is 41.9. The van der Waals surface area contributed by atoms with Crippen LogP contribution in [0.25, 0.3) is 17.2 Å². The molecule has 0 radical (unpaired) electrons. The van der Waals surface area contributed by atoms with Crippen LogP contribution in [-0.2, 0) is 0 Å². The van der Waals surface area contributed by atoms with Crippen molar-refractivity contribution < 1.29 is 13.2 Å². The number of rotatable bonds is 4. The molecule has 0 aliphatic heterocycles. The van der Waals surface area contributed by atoms with Crippen molar-refractivity contribution in [3.8, 4) is 11.1 Å². The molecule has 2 aromatic rings. The molecule has 1 aliphatic rings. The Balaban J connectivity index is 1.83. The number of halogens is 3. The van der Waals surface area contributed by atoms with Crippen LogP contribution in [0.2, 0.25) is 0 Å². The number of hydrogen-bond acceptors (Lipinski definition) is 0. The molecule has 1 saturated carbocycles. The molecule has 3 heteroatoms. The summed E-state index contributed by atoms with van der Waals surface area (Å²) in [5.41, 5.74) is 2.34. The first-order chi connectivity index (χ1) is 12.1. The van der Waals surface area contributed by atoms with Gasteiger partial charge in [0.05, 0.1) is 0 Å². The number of hydrogen-bond donors (Lipinski definition) is 0. The minimum atomic E-state index is -0.816. The van der Waals surface area contributed by atoms with Crippen LogP contribution < -0.4 is 0 Å². The van der Waals surface area contributed by atoms with E-state index in [1.807, 2.05) is 31.2 Å². The fourth-order valence-electron chi connectivity index (χ4n) is 3.48. The van der Waals surface area contributed by atoms with E-state index in [2.05, 4.69) is 0 Å². The van der Waals surface area contributed by atoms with E-state index in [-0.39, 0.29) is 11.1 Å². The molecule has 0 atom stereocenters. The van der Waals surface area contributed by atoms with Crippen LogP contribution in [0, 0.1) is 11.6 Å². The molecule has 0 N–H and O–H groups in total. The molecule has 0 spiro atoms. The number of alkyl halides is 1. The highest BCUT2D eigenvalue weighted by Crippen LogP contribution is 2.35. The molecule has 0 saturated heterocycles. The van der Waals surface area contributed by atoms with Gasteiger partial charge in [-0.15, -0.1) is 0 Å². The predicted octanol–water partition coefficient (Wildman–Crippen LogP) is 7.05. The molecular weight excluding hydrogens is 321 g/mol. The Bertz CT molecular complexity index is 739. The average Bonchev–Trinajstić information content (AvgIpc) is 2.64. The van der Waals surface area contributed by atoms with E-state index in [1.54, 1.807) is 24.3 Å². The Kier molecular flexibility index (Phi) is 5.62. The second-order valence-electron chi connectivity index (χ2n) is 6.71. The SMILES string of the molecule is CCC=Cc1ccc(-c2ccc([C@H]3CC[C@H](F)CC3)cc2)c(F)c1F. The Labute approximate surface area is 147 Å². The largest absolute Gasteiger partial charge is 0.247 e. The lowest BCUT2D eigenvalue weighted by Crippen LogP contribution is -2.13. The first-order valence-electron chi connectivity index (χ1n) is 8.99. The van der Waals surface area contributed by atoms with Crippen molar-refractivity contribution >= 4 is 6.08 Å². The fraction of sp³-hybridized carbons (Fsp3) is 0.364. The first kappa shape index (κ1) is 17.8. The lowest BCUT2D eigenvalue weighted by Gasteiger charge is -2.24. The molecule has 25 heavy (non-hydrogen) atoms. The summed E-state index contributed by atoms with van der Waals surface area (Å²) in [7, 11) is 0. The van der Waals surface area contributed by atoms with E-state index in [9.17, 15) is 13.2 Å². The maximum Gasteiger partial charge on any atom is 0.167 e. The standard InChI is InChI=1S/C22H23F3/c1-2-3-4-18-11-14-20(22(25)21(18)24)17-7-5-15(6-8-17)16-9-12-19(23)13-10-16/h3-8,11,14,16,19H,2,9-10,12-13H2,1H3/t16-,19-. The molecule has 0 nitrogen and oxygen atoms in total. The van der Waals surface area contributed by atoms with Crippen LogP contribution in [0.15, 0.2) is 42.5 Å². The quantitative estimate of drug-likeness (QED) is 0.557. The molecule has 2 aromatic carbocycles. The highest BCUT2D eigenvalue weighted by atomic mass is 19.2. The summed E-state index contributed by atoms with van der Waals surface area (Å²) in [5.74, 6) is -1.26. The monoisotopic (exact) mass is 344 g/mol. The van der Waals surface area contributed by atoms with Gasteiger partial charge in [0.15, 0.2) is 11.6 Å².